The third-order valence-electron chi connectivity index (χ3n) is 9.50. The van der Waals surface area contributed by atoms with Crippen LogP contribution >= 0.6 is 8.60 Å². The fourth-order valence-corrected chi connectivity index (χ4v) is 7.64. The van der Waals surface area contributed by atoms with Crippen molar-refractivity contribution in [3.8, 4) is 0 Å². The minimum atomic E-state index is -2.55. The molecule has 1 unspecified atom stereocenters. The van der Waals surface area contributed by atoms with Crippen LogP contribution in [-0.2, 0) is 32.6 Å². The lowest BCUT2D eigenvalue weighted by atomic mass is 10.1. The van der Waals surface area contributed by atoms with Gasteiger partial charge in [-0.3, -0.25) is 33.8 Å². The van der Waals surface area contributed by atoms with E-state index in [4.69, 9.17) is 34.4 Å². The number of halogens is 2. The predicted molar refractivity (Wildman–Crippen MR) is 207 cm³/mol. The maximum Gasteiger partial charge on any atom is 0.506 e. The number of benzene rings is 1. The number of nitrogens with one attached hydrogen (secondary N) is 3. The van der Waals surface area contributed by atoms with Crippen molar-refractivity contribution < 1.29 is 56.1 Å². The molecule has 0 saturated carbocycles. The lowest BCUT2D eigenvalue weighted by Crippen LogP contribution is -2.34. The van der Waals surface area contributed by atoms with Crippen molar-refractivity contribution in [3.63, 3.8) is 0 Å². The maximum atomic E-state index is 16.6. The summed E-state index contributed by atoms with van der Waals surface area (Å²) in [6.07, 6.45) is -10.6. The second-order valence-electron chi connectivity index (χ2n) is 13.8. The Labute approximate surface area is 344 Å². The Morgan fingerprint density at radius 1 is 0.967 bits per heavy atom. The first-order valence-electron chi connectivity index (χ1n) is 18.7. The summed E-state index contributed by atoms with van der Waals surface area (Å²) in [7, 11) is -2.55. The van der Waals surface area contributed by atoms with E-state index in [9.17, 15) is 24.3 Å². The fraction of sp³-hybridized carbons (Fsp3) is 0.444. The van der Waals surface area contributed by atoms with Crippen LogP contribution in [0.1, 0.15) is 50.0 Å². The first-order chi connectivity index (χ1) is 29.4. The van der Waals surface area contributed by atoms with Crippen LogP contribution in [0, 0.1) is 12.5 Å². The molecular formula is C36H38F2N11O11P. The minimum absolute atomic E-state index is 0.0838. The largest absolute Gasteiger partial charge is 0.506 e. The van der Waals surface area contributed by atoms with Crippen molar-refractivity contribution in [2.45, 2.75) is 76.4 Å². The number of rotatable bonds is 16. The Hall–Kier alpha value is -6.09. The van der Waals surface area contributed by atoms with Crippen molar-refractivity contribution in [2.24, 2.45) is 5.92 Å². The van der Waals surface area contributed by atoms with Gasteiger partial charge >= 0.3 is 14.8 Å². The number of hydrogen-bond donors (Lipinski definition) is 4. The van der Waals surface area contributed by atoms with Crippen LogP contribution in [0.3, 0.4) is 0 Å². The van der Waals surface area contributed by atoms with Gasteiger partial charge in [0.25, 0.3) is 11.5 Å². The van der Waals surface area contributed by atoms with Gasteiger partial charge in [-0.25, -0.2) is 40.1 Å². The number of aromatic amines is 1. The standard InChI is InChI=1S/C36H38F2N11O11P/c1-5-19-25(22(38)33(57-19)48-15-42-23-27(40-14-41-28(23)48)44-31(51)18-9-7-6-8-10-18)60-61(55-12-11-39-4)56-13-20-21(37)26(59-36(53)54)34(58-20)49-16-43-24-29(49)45-35(47-32(24)52)46-30(50)17(2)3/h6-10,14-17,19-22,25-26,33-34H,5,11-13H2,1-3H3,(H,53,54)(H,40,41,44,51)(H2,45,46,47,50,52)/t19-,20-,21-,22+,25-,26-,33-,34-,61?/m1/s1. The van der Waals surface area contributed by atoms with E-state index in [1.165, 1.54) is 17.2 Å². The van der Waals surface area contributed by atoms with Gasteiger partial charge in [-0.05, 0) is 18.6 Å². The molecule has 6 heterocycles. The third kappa shape index (κ3) is 9.16. The molecule has 322 valence electrons. The number of aromatic nitrogens is 8. The molecular weight excluding hydrogens is 831 g/mol. The molecule has 1 aromatic carbocycles. The highest BCUT2D eigenvalue weighted by Crippen LogP contribution is 2.48. The molecule has 2 amide bonds. The topological polar surface area (TPSA) is 262 Å². The molecule has 0 spiro atoms. The summed E-state index contributed by atoms with van der Waals surface area (Å²) >= 11 is 0. The summed E-state index contributed by atoms with van der Waals surface area (Å²) in [6.45, 7) is 11.1. The Bertz CT molecular complexity index is 2490. The molecule has 0 radical (unpaired) electrons. The molecule has 2 saturated heterocycles. The summed E-state index contributed by atoms with van der Waals surface area (Å²) in [5, 5.41) is 14.7. The molecule has 5 aromatic rings. The molecule has 9 atom stereocenters. The van der Waals surface area contributed by atoms with E-state index < -0.39 is 93.9 Å². The number of carboxylic acid groups (broad SMARTS) is 1. The zero-order valence-corrected chi connectivity index (χ0v) is 33.3. The van der Waals surface area contributed by atoms with E-state index in [-0.39, 0.29) is 53.7 Å². The number of amides is 2. The SMILES string of the molecule is [C-]#[N+]CCOP(OC[C@H]1O[C@@H](n2cnc3c(=O)[nH]c(NC(=O)C(C)C)nc32)[C@H](OC(=O)O)[C@@H]1F)O[C@H]1[C@H](F)[C@H](n2cnc3c(NC(=O)c4ccccc4)ncnc32)O[C@@H]1CC. The van der Waals surface area contributed by atoms with Crippen molar-refractivity contribution in [1.29, 1.82) is 0 Å². The van der Waals surface area contributed by atoms with Gasteiger partial charge in [-0.15, -0.1) is 0 Å². The van der Waals surface area contributed by atoms with Crippen LogP contribution in [0.15, 0.2) is 54.1 Å². The number of carbonyl (C=O) groups excluding carboxylic acids is 2. The zero-order valence-electron chi connectivity index (χ0n) is 32.5. The molecule has 25 heteroatoms. The molecule has 0 aliphatic carbocycles. The number of ether oxygens (including phenoxy) is 3. The van der Waals surface area contributed by atoms with Gasteiger partial charge < -0.3 is 43.1 Å². The summed E-state index contributed by atoms with van der Waals surface area (Å²) in [5.41, 5.74) is -0.480. The van der Waals surface area contributed by atoms with Crippen molar-refractivity contribution in [2.75, 3.05) is 30.4 Å². The van der Waals surface area contributed by atoms with Gasteiger partial charge in [0.05, 0.1) is 25.4 Å². The van der Waals surface area contributed by atoms with E-state index in [0.29, 0.717) is 5.56 Å². The number of alkyl halides is 2. The van der Waals surface area contributed by atoms with Crippen molar-refractivity contribution >= 4 is 60.7 Å². The number of imidazole rings is 2. The summed E-state index contributed by atoms with van der Waals surface area (Å²) in [4.78, 5) is 76.3. The molecule has 4 N–H and O–H groups in total. The summed E-state index contributed by atoms with van der Waals surface area (Å²) in [6, 6.07) is 8.42. The fourth-order valence-electron chi connectivity index (χ4n) is 6.49. The Balaban J connectivity index is 1.08. The van der Waals surface area contributed by atoms with Gasteiger partial charge in [0.15, 0.2) is 59.0 Å². The highest BCUT2D eigenvalue weighted by molar-refractivity contribution is 7.41. The zero-order chi connectivity index (χ0) is 43.4. The molecule has 2 fully saturated rings. The highest BCUT2D eigenvalue weighted by Gasteiger charge is 2.51. The number of anilines is 2. The molecule has 4 aromatic heterocycles. The van der Waals surface area contributed by atoms with Crippen LogP contribution in [0.2, 0.25) is 0 Å². The highest BCUT2D eigenvalue weighted by atomic mass is 31.2. The van der Waals surface area contributed by atoms with Gasteiger partial charge in [-0.1, -0.05) is 39.0 Å². The summed E-state index contributed by atoms with van der Waals surface area (Å²) in [5.74, 6) is -1.55. The molecule has 61 heavy (non-hydrogen) atoms. The quantitative estimate of drug-likeness (QED) is 0.0466. The normalized spacial score (nSPS) is 24.2. The number of fused-ring (bicyclic) bond motifs is 2. The van der Waals surface area contributed by atoms with E-state index >= 15 is 8.78 Å². The monoisotopic (exact) mass is 869 g/mol. The van der Waals surface area contributed by atoms with Crippen LogP contribution in [0.5, 0.6) is 0 Å². The Morgan fingerprint density at radius 3 is 2.39 bits per heavy atom. The number of hydrogen-bond acceptors (Lipinski definition) is 15. The second-order valence-corrected chi connectivity index (χ2v) is 15.0. The van der Waals surface area contributed by atoms with Crippen LogP contribution in [-0.4, -0.2) is 119 Å². The number of nitrogens with zero attached hydrogens (tertiary/aromatic N) is 8. The van der Waals surface area contributed by atoms with E-state index in [0.717, 1.165) is 10.9 Å². The number of carbonyl (C=O) groups is 3. The first kappa shape index (κ1) is 43.0. The molecule has 2 aliphatic heterocycles. The van der Waals surface area contributed by atoms with Crippen molar-refractivity contribution in [3.05, 3.63) is 76.6 Å². The Kier molecular flexibility index (Phi) is 13.2. The van der Waals surface area contributed by atoms with Gasteiger partial charge in [-0.2, -0.15) is 4.98 Å². The van der Waals surface area contributed by atoms with E-state index in [1.807, 2.05) is 0 Å². The molecule has 22 nitrogen and oxygen atoms in total. The van der Waals surface area contributed by atoms with E-state index in [2.05, 4.69) is 45.4 Å². The molecule has 0 bridgehead atoms. The maximum absolute atomic E-state index is 16.6. The predicted octanol–water partition coefficient (Wildman–Crippen LogP) is 4.32. The molecule has 2 aliphatic rings. The average molecular weight is 870 g/mol. The smallest absolute Gasteiger partial charge is 0.450 e. The summed E-state index contributed by atoms with van der Waals surface area (Å²) < 4.78 is 69.6. The number of H-pyrrole nitrogens is 1. The van der Waals surface area contributed by atoms with E-state index in [1.54, 1.807) is 51.1 Å². The first-order valence-corrected chi connectivity index (χ1v) is 19.8. The van der Waals surface area contributed by atoms with Gasteiger partial charge in [0, 0.05) is 11.5 Å². The van der Waals surface area contributed by atoms with Crippen LogP contribution in [0.4, 0.5) is 25.3 Å². The minimum Gasteiger partial charge on any atom is -0.450 e. The Morgan fingerprint density at radius 2 is 1.69 bits per heavy atom. The third-order valence-corrected chi connectivity index (χ3v) is 10.7. The van der Waals surface area contributed by atoms with Crippen LogP contribution < -0.4 is 16.2 Å². The van der Waals surface area contributed by atoms with Gasteiger partial charge in [0.1, 0.15) is 25.1 Å². The lowest BCUT2D eigenvalue weighted by molar-refractivity contribution is -0.118. The average Bonchev–Trinajstić information content (AvgIpc) is 4.01. The lowest BCUT2D eigenvalue weighted by Gasteiger charge is -2.24. The van der Waals surface area contributed by atoms with Crippen molar-refractivity contribution in [1.82, 2.24) is 39.0 Å². The molecule has 7 rings (SSSR count). The second kappa shape index (κ2) is 18.7. The van der Waals surface area contributed by atoms with Crippen LogP contribution in [0.25, 0.3) is 27.2 Å². The van der Waals surface area contributed by atoms with Gasteiger partial charge in [0.2, 0.25) is 18.4 Å².